The number of benzene rings is 1. The maximum atomic E-state index is 11.3. The molecule has 2 rings (SSSR count). The highest BCUT2D eigenvalue weighted by atomic mass is 16.6. The molecule has 1 heterocycles. The number of aryl methyl sites for hydroxylation is 1. The maximum absolute atomic E-state index is 11.3. The van der Waals surface area contributed by atoms with Crippen LogP contribution in [0.2, 0.25) is 0 Å². The Morgan fingerprint density at radius 3 is 2.85 bits per heavy atom. The van der Waals surface area contributed by atoms with Crippen LogP contribution in [0.1, 0.15) is 38.2 Å². The first-order chi connectivity index (χ1) is 9.60. The predicted octanol–water partition coefficient (Wildman–Crippen LogP) is 3.38. The molecule has 1 aromatic carbocycles. The molecule has 0 aliphatic rings. The maximum Gasteiger partial charge on any atom is 0.336 e. The molecule has 0 amide bonds. The van der Waals surface area contributed by atoms with Crippen molar-refractivity contribution < 1.29 is 14.3 Å². The molecule has 0 aliphatic carbocycles. The minimum atomic E-state index is -0.796. The van der Waals surface area contributed by atoms with E-state index >= 15 is 0 Å². The Kier molecular flexibility index (Phi) is 4.79. The first-order valence-electron chi connectivity index (χ1n) is 6.99. The quantitative estimate of drug-likeness (QED) is 0.499. The van der Waals surface area contributed by atoms with Gasteiger partial charge in [-0.05, 0) is 37.1 Å². The summed E-state index contributed by atoms with van der Waals surface area (Å²) in [5, 5.41) is 10.6. The molecule has 0 spiro atoms. The number of unbranched alkanes of at least 4 members (excludes halogenated alkanes) is 2. The fraction of sp³-hybridized carbons (Fsp3) is 0.438. The van der Waals surface area contributed by atoms with Crippen LogP contribution in [0.25, 0.3) is 11.0 Å². The Balaban J connectivity index is 2.13. The van der Waals surface area contributed by atoms with Crippen molar-refractivity contribution in [3.63, 3.8) is 0 Å². The van der Waals surface area contributed by atoms with E-state index in [9.17, 15) is 9.90 Å². The second-order valence-electron chi connectivity index (χ2n) is 4.97. The summed E-state index contributed by atoms with van der Waals surface area (Å²) in [4.78, 5) is 11.3. The molecule has 0 bridgehead atoms. The van der Waals surface area contributed by atoms with Gasteiger partial charge in [-0.15, -0.1) is 0 Å². The minimum Gasteiger partial charge on any atom is -0.465 e. The monoisotopic (exact) mass is 276 g/mol. The highest BCUT2D eigenvalue weighted by Crippen LogP contribution is 2.23. The van der Waals surface area contributed by atoms with E-state index in [1.54, 1.807) is 18.2 Å². The Labute approximate surface area is 118 Å². The third kappa shape index (κ3) is 3.61. The first-order valence-corrected chi connectivity index (χ1v) is 6.99. The number of aliphatic hydroxyl groups is 1. The Bertz CT molecular complexity index is 630. The van der Waals surface area contributed by atoms with Crippen LogP contribution >= 0.6 is 0 Å². The molecule has 108 valence electrons. The summed E-state index contributed by atoms with van der Waals surface area (Å²) < 4.78 is 10.6. The molecule has 1 atom stereocenters. The summed E-state index contributed by atoms with van der Waals surface area (Å²) >= 11 is 0. The van der Waals surface area contributed by atoms with E-state index in [-0.39, 0.29) is 5.63 Å². The number of aliphatic hydroxyl groups excluding tert-OH is 1. The Morgan fingerprint density at radius 1 is 1.30 bits per heavy atom. The lowest BCUT2D eigenvalue weighted by atomic mass is 10.1. The summed E-state index contributed by atoms with van der Waals surface area (Å²) in [6.07, 6.45) is 2.96. The summed E-state index contributed by atoms with van der Waals surface area (Å²) in [6, 6.07) is 6.63. The van der Waals surface area contributed by atoms with E-state index in [4.69, 9.17) is 9.15 Å². The number of fused-ring (bicyclic) bond motifs is 1. The summed E-state index contributed by atoms with van der Waals surface area (Å²) in [5.41, 5.74) is 1.01. The predicted molar refractivity (Wildman–Crippen MR) is 78.0 cm³/mol. The minimum absolute atomic E-state index is 0.358. The Hall–Kier alpha value is -1.81. The summed E-state index contributed by atoms with van der Waals surface area (Å²) in [5.74, 6) is 0.582. The van der Waals surface area contributed by atoms with E-state index < -0.39 is 6.29 Å². The van der Waals surface area contributed by atoms with Crippen LogP contribution in [0.3, 0.4) is 0 Å². The summed E-state index contributed by atoms with van der Waals surface area (Å²) in [6.45, 7) is 3.97. The van der Waals surface area contributed by atoms with Gasteiger partial charge in [0.2, 0.25) is 0 Å². The SMILES string of the molecule is CCCCCC(O)Oc1ccc2oc(=O)cc(C)c2c1. The van der Waals surface area contributed by atoms with Gasteiger partial charge in [0.1, 0.15) is 11.3 Å². The van der Waals surface area contributed by atoms with Crippen LogP contribution in [-0.4, -0.2) is 11.4 Å². The van der Waals surface area contributed by atoms with Crippen molar-refractivity contribution in [3.05, 3.63) is 40.2 Å². The topological polar surface area (TPSA) is 59.7 Å². The van der Waals surface area contributed by atoms with Gasteiger partial charge in [-0.1, -0.05) is 19.8 Å². The van der Waals surface area contributed by atoms with Crippen LogP contribution in [0.5, 0.6) is 5.75 Å². The second-order valence-corrected chi connectivity index (χ2v) is 4.97. The van der Waals surface area contributed by atoms with Gasteiger partial charge < -0.3 is 14.3 Å². The van der Waals surface area contributed by atoms with Crippen molar-refractivity contribution in [1.29, 1.82) is 0 Å². The molecule has 4 heteroatoms. The van der Waals surface area contributed by atoms with Gasteiger partial charge in [-0.25, -0.2) is 4.79 Å². The van der Waals surface area contributed by atoms with Crippen LogP contribution < -0.4 is 10.4 Å². The van der Waals surface area contributed by atoms with Gasteiger partial charge >= 0.3 is 5.63 Å². The van der Waals surface area contributed by atoms with Gasteiger partial charge in [-0.3, -0.25) is 0 Å². The first kappa shape index (κ1) is 14.6. The van der Waals surface area contributed by atoms with Crippen molar-refractivity contribution in [2.24, 2.45) is 0 Å². The molecule has 0 fully saturated rings. The van der Waals surface area contributed by atoms with Gasteiger partial charge in [-0.2, -0.15) is 0 Å². The van der Waals surface area contributed by atoms with Gasteiger partial charge in [0.05, 0.1) is 0 Å². The van der Waals surface area contributed by atoms with E-state index in [2.05, 4.69) is 6.92 Å². The average Bonchev–Trinajstić information content (AvgIpc) is 2.40. The third-order valence-electron chi connectivity index (χ3n) is 3.25. The molecule has 0 saturated heterocycles. The molecule has 1 aromatic heterocycles. The standard InChI is InChI=1S/C16H20O4/c1-3-4-5-6-15(17)19-12-7-8-14-13(10-12)11(2)9-16(18)20-14/h7-10,15,17H,3-6H2,1-2H3. The zero-order valence-corrected chi connectivity index (χ0v) is 11.9. The fourth-order valence-electron chi connectivity index (χ4n) is 2.16. The third-order valence-corrected chi connectivity index (χ3v) is 3.25. The van der Waals surface area contributed by atoms with Crippen molar-refractivity contribution in [1.82, 2.24) is 0 Å². The number of hydrogen-bond donors (Lipinski definition) is 1. The number of rotatable bonds is 6. The Morgan fingerprint density at radius 2 is 2.10 bits per heavy atom. The van der Waals surface area contributed by atoms with Crippen LogP contribution in [0, 0.1) is 6.92 Å². The molecule has 4 nitrogen and oxygen atoms in total. The highest BCUT2D eigenvalue weighted by molar-refractivity contribution is 5.81. The van der Waals surface area contributed by atoms with Crippen molar-refractivity contribution >= 4 is 11.0 Å². The molecular formula is C16H20O4. The van der Waals surface area contributed by atoms with Crippen LogP contribution in [0.15, 0.2) is 33.5 Å². The van der Waals surface area contributed by atoms with E-state index in [1.807, 2.05) is 6.92 Å². The highest BCUT2D eigenvalue weighted by Gasteiger charge is 2.08. The largest absolute Gasteiger partial charge is 0.465 e. The fourth-order valence-corrected chi connectivity index (χ4v) is 2.16. The average molecular weight is 276 g/mol. The summed E-state index contributed by atoms with van der Waals surface area (Å²) in [7, 11) is 0. The molecular weight excluding hydrogens is 256 g/mol. The van der Waals surface area contributed by atoms with E-state index in [0.29, 0.717) is 17.8 Å². The van der Waals surface area contributed by atoms with Gasteiger partial charge in [0.25, 0.3) is 0 Å². The lowest BCUT2D eigenvalue weighted by molar-refractivity contribution is -0.0244. The zero-order valence-electron chi connectivity index (χ0n) is 11.9. The van der Waals surface area contributed by atoms with Crippen molar-refractivity contribution in [3.8, 4) is 5.75 Å². The van der Waals surface area contributed by atoms with Gasteiger partial charge in [0.15, 0.2) is 6.29 Å². The zero-order chi connectivity index (χ0) is 14.5. The van der Waals surface area contributed by atoms with Crippen molar-refractivity contribution in [2.75, 3.05) is 0 Å². The molecule has 20 heavy (non-hydrogen) atoms. The molecule has 0 saturated carbocycles. The van der Waals surface area contributed by atoms with E-state index in [1.165, 1.54) is 6.07 Å². The van der Waals surface area contributed by atoms with Gasteiger partial charge in [0, 0.05) is 17.9 Å². The molecule has 0 radical (unpaired) electrons. The molecule has 1 unspecified atom stereocenters. The molecule has 0 aliphatic heterocycles. The van der Waals surface area contributed by atoms with Crippen LogP contribution in [-0.2, 0) is 0 Å². The number of hydrogen-bond acceptors (Lipinski definition) is 4. The molecule has 2 aromatic rings. The smallest absolute Gasteiger partial charge is 0.336 e. The molecule has 1 N–H and O–H groups in total. The van der Waals surface area contributed by atoms with Crippen LogP contribution in [0.4, 0.5) is 0 Å². The van der Waals surface area contributed by atoms with Crippen molar-refractivity contribution in [2.45, 2.75) is 45.8 Å². The van der Waals surface area contributed by atoms with E-state index in [0.717, 1.165) is 30.2 Å². The lowest BCUT2D eigenvalue weighted by Gasteiger charge is -2.13. The second kappa shape index (κ2) is 6.57. The normalized spacial score (nSPS) is 12.6. The lowest BCUT2D eigenvalue weighted by Crippen LogP contribution is -2.15. The number of ether oxygens (including phenoxy) is 1.